The minimum Gasteiger partial charge on any atom is -0.507 e. The maximum absolute atomic E-state index is 13.1. The molecule has 1 aliphatic rings. The van der Waals surface area contributed by atoms with Gasteiger partial charge >= 0.3 is 5.91 Å². The third-order valence-corrected chi connectivity index (χ3v) is 5.69. The number of hydrogen-bond acceptors (Lipinski definition) is 6. The lowest BCUT2D eigenvalue weighted by molar-refractivity contribution is -0.132. The summed E-state index contributed by atoms with van der Waals surface area (Å²) in [6.07, 6.45) is 0. The molecule has 3 aromatic rings. The molecule has 31 heavy (non-hydrogen) atoms. The average molecular weight is 504 g/mol. The van der Waals surface area contributed by atoms with Gasteiger partial charge in [0.05, 0.1) is 23.7 Å². The van der Waals surface area contributed by atoms with Crippen LogP contribution in [0.3, 0.4) is 0 Å². The van der Waals surface area contributed by atoms with Crippen LogP contribution in [0.25, 0.3) is 5.76 Å². The van der Waals surface area contributed by atoms with Gasteiger partial charge in [-0.2, -0.15) is 0 Å². The highest BCUT2D eigenvalue weighted by atomic mass is 79.9. The number of carbonyl (C=O) groups excluding carboxylic acids is 2. The molecule has 9 heteroatoms. The first-order valence-corrected chi connectivity index (χ1v) is 10.3. The molecule has 2 aromatic carbocycles. The van der Waals surface area contributed by atoms with E-state index in [0.717, 1.165) is 4.47 Å². The number of hydrogen-bond donors (Lipinski definition) is 1. The van der Waals surface area contributed by atoms with Gasteiger partial charge in [0.15, 0.2) is 5.82 Å². The minimum absolute atomic E-state index is 0.0787. The van der Waals surface area contributed by atoms with Crippen molar-refractivity contribution in [3.63, 3.8) is 0 Å². The second-order valence-corrected chi connectivity index (χ2v) is 8.19. The number of methoxy groups -OCH3 is 1. The van der Waals surface area contributed by atoms with Gasteiger partial charge in [-0.3, -0.25) is 14.5 Å². The van der Waals surface area contributed by atoms with E-state index in [1.54, 1.807) is 43.3 Å². The summed E-state index contributed by atoms with van der Waals surface area (Å²) in [6.45, 7) is 1.68. The lowest BCUT2D eigenvalue weighted by atomic mass is 9.95. The van der Waals surface area contributed by atoms with Crippen LogP contribution in [0.1, 0.15) is 22.9 Å². The zero-order chi connectivity index (χ0) is 22.3. The summed E-state index contributed by atoms with van der Waals surface area (Å²) in [6, 6.07) is 12.4. The second kappa shape index (κ2) is 8.20. The molecule has 1 aliphatic heterocycles. The molecule has 0 bridgehead atoms. The maximum atomic E-state index is 13.1. The van der Waals surface area contributed by atoms with E-state index in [-0.39, 0.29) is 27.7 Å². The molecule has 0 radical (unpaired) electrons. The van der Waals surface area contributed by atoms with Crippen molar-refractivity contribution in [1.29, 1.82) is 0 Å². The number of ether oxygens (including phenoxy) is 1. The van der Waals surface area contributed by atoms with Crippen LogP contribution in [0.15, 0.2) is 63.1 Å². The van der Waals surface area contributed by atoms with Crippen LogP contribution >= 0.6 is 27.5 Å². The van der Waals surface area contributed by atoms with Crippen LogP contribution in [-0.2, 0) is 9.59 Å². The maximum Gasteiger partial charge on any atom is 0.301 e. The Morgan fingerprint density at radius 2 is 2.00 bits per heavy atom. The standard InChI is InChI=1S/C22H16BrClN2O5/c1-11-8-17(25-31-11)26-19(12-4-3-5-14(23)9-12)18(21(28)22(26)29)20(27)13-6-7-16(30-2)15(24)10-13/h3-10,19,27H,1-2H3/b20-18+. The molecule has 1 fully saturated rings. The van der Waals surface area contributed by atoms with E-state index in [0.29, 0.717) is 17.1 Å². The van der Waals surface area contributed by atoms with Gasteiger partial charge in [-0.05, 0) is 42.8 Å². The van der Waals surface area contributed by atoms with E-state index in [4.69, 9.17) is 20.9 Å². The highest BCUT2D eigenvalue weighted by Gasteiger charge is 2.48. The zero-order valence-corrected chi connectivity index (χ0v) is 18.8. The Bertz CT molecular complexity index is 1240. The molecule has 1 amide bonds. The van der Waals surface area contributed by atoms with Crippen LogP contribution in [0, 0.1) is 6.92 Å². The number of aliphatic hydroxyl groups excluding tert-OH is 1. The van der Waals surface area contributed by atoms with Crippen molar-refractivity contribution in [1.82, 2.24) is 5.16 Å². The van der Waals surface area contributed by atoms with Crippen molar-refractivity contribution >= 4 is 50.8 Å². The molecule has 0 spiro atoms. The van der Waals surface area contributed by atoms with Crippen molar-refractivity contribution in [2.75, 3.05) is 12.0 Å². The van der Waals surface area contributed by atoms with Gasteiger partial charge in [-0.1, -0.05) is 44.8 Å². The van der Waals surface area contributed by atoms with E-state index in [1.807, 2.05) is 6.07 Å². The van der Waals surface area contributed by atoms with Gasteiger partial charge in [-0.15, -0.1) is 0 Å². The molecule has 0 aliphatic carbocycles. The fourth-order valence-corrected chi connectivity index (χ4v) is 4.17. The molecule has 2 heterocycles. The van der Waals surface area contributed by atoms with Gasteiger partial charge in [0.1, 0.15) is 17.3 Å². The predicted molar refractivity (Wildman–Crippen MR) is 118 cm³/mol. The number of aryl methyl sites for hydroxylation is 1. The van der Waals surface area contributed by atoms with Crippen molar-refractivity contribution in [3.8, 4) is 5.75 Å². The van der Waals surface area contributed by atoms with Crippen LogP contribution in [0.2, 0.25) is 5.02 Å². The summed E-state index contributed by atoms with van der Waals surface area (Å²) >= 11 is 9.61. The lowest BCUT2D eigenvalue weighted by Gasteiger charge is -2.23. The monoisotopic (exact) mass is 502 g/mol. The van der Waals surface area contributed by atoms with Gasteiger partial charge < -0.3 is 14.4 Å². The minimum atomic E-state index is -0.914. The summed E-state index contributed by atoms with van der Waals surface area (Å²) < 4.78 is 11.0. The van der Waals surface area contributed by atoms with Crippen molar-refractivity contribution in [2.24, 2.45) is 0 Å². The van der Waals surface area contributed by atoms with Gasteiger partial charge in [0.25, 0.3) is 5.78 Å². The van der Waals surface area contributed by atoms with E-state index in [9.17, 15) is 14.7 Å². The number of halogens is 2. The number of amides is 1. The number of anilines is 1. The molecule has 1 saturated heterocycles. The van der Waals surface area contributed by atoms with Gasteiger partial charge in [-0.25, -0.2) is 0 Å². The summed E-state index contributed by atoms with van der Waals surface area (Å²) in [5.41, 5.74) is 0.806. The van der Waals surface area contributed by atoms with Crippen LogP contribution < -0.4 is 9.64 Å². The third-order valence-electron chi connectivity index (χ3n) is 4.90. The topological polar surface area (TPSA) is 92.9 Å². The third kappa shape index (κ3) is 3.73. The van der Waals surface area contributed by atoms with E-state index in [2.05, 4.69) is 21.1 Å². The number of nitrogens with zero attached hydrogens (tertiary/aromatic N) is 2. The Morgan fingerprint density at radius 1 is 1.23 bits per heavy atom. The summed E-state index contributed by atoms with van der Waals surface area (Å²) in [7, 11) is 1.47. The molecule has 4 rings (SSSR count). The molecule has 0 saturated carbocycles. The second-order valence-electron chi connectivity index (χ2n) is 6.87. The Morgan fingerprint density at radius 3 is 2.61 bits per heavy atom. The molecular formula is C22H16BrClN2O5. The predicted octanol–water partition coefficient (Wildman–Crippen LogP) is 5.03. The highest BCUT2D eigenvalue weighted by molar-refractivity contribution is 9.10. The van der Waals surface area contributed by atoms with Crippen LogP contribution in [0.4, 0.5) is 5.82 Å². The normalized spacial score (nSPS) is 17.9. The van der Waals surface area contributed by atoms with E-state index < -0.39 is 17.7 Å². The zero-order valence-electron chi connectivity index (χ0n) is 16.4. The molecule has 158 valence electrons. The average Bonchev–Trinajstić information content (AvgIpc) is 3.28. The molecular weight excluding hydrogens is 488 g/mol. The van der Waals surface area contributed by atoms with E-state index in [1.165, 1.54) is 18.1 Å². The smallest absolute Gasteiger partial charge is 0.301 e. The molecule has 1 N–H and O–H groups in total. The van der Waals surface area contributed by atoms with Gasteiger partial charge in [0, 0.05) is 16.1 Å². The Balaban J connectivity index is 1.94. The summed E-state index contributed by atoms with van der Waals surface area (Å²) in [5.74, 6) is -0.936. The number of aliphatic hydroxyl groups is 1. The molecule has 1 unspecified atom stereocenters. The molecule has 1 atom stereocenters. The van der Waals surface area contributed by atoms with Crippen molar-refractivity contribution in [3.05, 3.63) is 80.5 Å². The summed E-state index contributed by atoms with van der Waals surface area (Å²) in [5, 5.41) is 15.3. The fraction of sp³-hybridized carbons (Fsp3) is 0.136. The van der Waals surface area contributed by atoms with Crippen LogP contribution in [-0.4, -0.2) is 29.1 Å². The Labute approximate surface area is 191 Å². The number of rotatable bonds is 4. The first-order valence-electron chi connectivity index (χ1n) is 9.15. The number of benzene rings is 2. The number of aromatic nitrogens is 1. The molecule has 1 aromatic heterocycles. The molecule has 7 nitrogen and oxygen atoms in total. The van der Waals surface area contributed by atoms with Gasteiger partial charge in [0.2, 0.25) is 0 Å². The first-order chi connectivity index (χ1) is 14.8. The first kappa shape index (κ1) is 21.1. The Hall–Kier alpha value is -3.10. The number of Topliss-reactive ketones (excluding diaryl/α,β-unsaturated/α-hetero) is 1. The largest absolute Gasteiger partial charge is 0.507 e. The number of carbonyl (C=O) groups is 2. The fourth-order valence-electron chi connectivity index (χ4n) is 3.50. The SMILES string of the molecule is COc1ccc(/C(O)=C2\C(=O)C(=O)N(c3cc(C)on3)C2c2cccc(Br)c2)cc1Cl. The quantitative estimate of drug-likeness (QED) is 0.305. The van der Waals surface area contributed by atoms with E-state index >= 15 is 0 Å². The van der Waals surface area contributed by atoms with Crippen molar-refractivity contribution < 1.29 is 24.0 Å². The van der Waals surface area contributed by atoms with Crippen LogP contribution in [0.5, 0.6) is 5.75 Å². The Kier molecular flexibility index (Phi) is 5.60. The summed E-state index contributed by atoms with van der Waals surface area (Å²) in [4.78, 5) is 27.3. The number of ketones is 1. The lowest BCUT2D eigenvalue weighted by Crippen LogP contribution is -2.29. The van der Waals surface area contributed by atoms with Crippen molar-refractivity contribution in [2.45, 2.75) is 13.0 Å². The highest BCUT2D eigenvalue weighted by Crippen LogP contribution is 2.42.